The van der Waals surface area contributed by atoms with Gasteiger partial charge in [-0.05, 0) is 39.2 Å². The highest BCUT2D eigenvalue weighted by Gasteiger charge is 2.25. The van der Waals surface area contributed by atoms with Gasteiger partial charge in [0, 0.05) is 24.3 Å². The highest BCUT2D eigenvalue weighted by atomic mass is 16.3. The highest BCUT2D eigenvalue weighted by molar-refractivity contribution is 5.55. The van der Waals surface area contributed by atoms with Crippen molar-refractivity contribution in [2.75, 3.05) is 18.0 Å². The summed E-state index contributed by atoms with van der Waals surface area (Å²) in [4.78, 5) is 2.28. The van der Waals surface area contributed by atoms with E-state index in [1.807, 2.05) is 19.9 Å². The summed E-state index contributed by atoms with van der Waals surface area (Å²) in [6.07, 6.45) is 2.63. The predicted octanol–water partition coefficient (Wildman–Crippen LogP) is 2.23. The molecule has 0 saturated carbocycles. The predicted molar refractivity (Wildman–Crippen MR) is 73.8 cm³/mol. The molecule has 0 aromatic heterocycles. The summed E-state index contributed by atoms with van der Waals surface area (Å²) < 4.78 is 0. The lowest BCUT2D eigenvalue weighted by molar-refractivity contribution is 0.0481. The highest BCUT2D eigenvalue weighted by Crippen LogP contribution is 2.28. The van der Waals surface area contributed by atoms with Gasteiger partial charge in [0.1, 0.15) is 0 Å². The Kier molecular flexibility index (Phi) is 3.93. The molecule has 3 heteroatoms. The van der Waals surface area contributed by atoms with Crippen LogP contribution in [0.4, 0.5) is 5.69 Å². The molecule has 1 heterocycles. The van der Waals surface area contributed by atoms with Gasteiger partial charge in [0.15, 0.2) is 0 Å². The molecule has 1 aromatic rings. The lowest BCUT2D eigenvalue weighted by atomic mass is 9.98. The third-order valence-corrected chi connectivity index (χ3v) is 3.81. The zero-order valence-electron chi connectivity index (χ0n) is 11.3. The summed E-state index contributed by atoms with van der Waals surface area (Å²) in [5.41, 5.74) is 2.72. The van der Waals surface area contributed by atoms with Crippen molar-refractivity contribution in [2.24, 2.45) is 0 Å². The summed E-state index contributed by atoms with van der Waals surface area (Å²) in [7, 11) is 0. The Balaban J connectivity index is 2.21. The van der Waals surface area contributed by atoms with Crippen LogP contribution in [0.25, 0.3) is 0 Å². The summed E-state index contributed by atoms with van der Waals surface area (Å²) in [6.45, 7) is 5.83. The van der Waals surface area contributed by atoms with Gasteiger partial charge in [-0.2, -0.15) is 0 Å². The molecule has 0 amide bonds. The number of rotatable bonds is 2. The van der Waals surface area contributed by atoms with Crippen molar-refractivity contribution in [1.29, 1.82) is 0 Å². The smallest absolute Gasteiger partial charge is 0.0702 e. The normalized spacial score (nSPS) is 25.0. The summed E-state index contributed by atoms with van der Waals surface area (Å²) in [5, 5.41) is 19.6. The Morgan fingerprint density at radius 2 is 2.06 bits per heavy atom. The van der Waals surface area contributed by atoms with Gasteiger partial charge in [0.25, 0.3) is 0 Å². The van der Waals surface area contributed by atoms with E-state index in [-0.39, 0.29) is 6.61 Å². The third kappa shape index (κ3) is 3.03. The first-order chi connectivity index (χ1) is 8.52. The van der Waals surface area contributed by atoms with Gasteiger partial charge in [-0.3, -0.25) is 0 Å². The van der Waals surface area contributed by atoms with Gasteiger partial charge in [0.05, 0.1) is 12.2 Å². The van der Waals surface area contributed by atoms with E-state index in [0.717, 1.165) is 43.6 Å². The molecule has 2 rings (SSSR count). The van der Waals surface area contributed by atoms with E-state index in [2.05, 4.69) is 17.0 Å². The maximum Gasteiger partial charge on any atom is 0.0702 e. The number of aliphatic hydroxyl groups excluding tert-OH is 1. The molecule has 1 unspecified atom stereocenters. The summed E-state index contributed by atoms with van der Waals surface area (Å²) in [6, 6.07) is 6.21. The summed E-state index contributed by atoms with van der Waals surface area (Å²) in [5.74, 6) is 0. The molecule has 2 N–H and O–H groups in total. The SMILES string of the molecule is Cc1ccc(N2CCCC(C)(O)CC2)c(CO)c1. The number of benzene rings is 1. The van der Waals surface area contributed by atoms with E-state index in [1.165, 1.54) is 5.56 Å². The van der Waals surface area contributed by atoms with E-state index in [4.69, 9.17) is 0 Å². The monoisotopic (exact) mass is 249 g/mol. The van der Waals surface area contributed by atoms with E-state index < -0.39 is 5.60 Å². The van der Waals surface area contributed by atoms with Crippen LogP contribution in [-0.2, 0) is 6.61 Å². The zero-order valence-corrected chi connectivity index (χ0v) is 11.3. The molecule has 1 aliphatic heterocycles. The van der Waals surface area contributed by atoms with Crippen LogP contribution in [0.15, 0.2) is 18.2 Å². The lowest BCUT2D eigenvalue weighted by Gasteiger charge is -2.26. The number of anilines is 1. The van der Waals surface area contributed by atoms with Crippen LogP contribution < -0.4 is 4.90 Å². The van der Waals surface area contributed by atoms with Crippen molar-refractivity contribution in [3.63, 3.8) is 0 Å². The van der Waals surface area contributed by atoms with E-state index in [0.29, 0.717) is 0 Å². The minimum atomic E-state index is -0.543. The summed E-state index contributed by atoms with van der Waals surface area (Å²) >= 11 is 0. The molecule has 0 spiro atoms. The van der Waals surface area contributed by atoms with Crippen LogP contribution in [0.1, 0.15) is 37.3 Å². The Morgan fingerprint density at radius 1 is 1.28 bits per heavy atom. The fraction of sp³-hybridized carbons (Fsp3) is 0.600. The minimum Gasteiger partial charge on any atom is -0.392 e. The van der Waals surface area contributed by atoms with Crippen LogP contribution >= 0.6 is 0 Å². The van der Waals surface area contributed by atoms with Gasteiger partial charge in [-0.1, -0.05) is 17.7 Å². The van der Waals surface area contributed by atoms with Crippen LogP contribution in [0, 0.1) is 6.92 Å². The van der Waals surface area contributed by atoms with Crippen LogP contribution in [0.3, 0.4) is 0 Å². The maximum absolute atomic E-state index is 10.1. The first-order valence-corrected chi connectivity index (χ1v) is 6.69. The molecule has 100 valence electrons. The van der Waals surface area contributed by atoms with E-state index >= 15 is 0 Å². The van der Waals surface area contributed by atoms with Crippen molar-refractivity contribution in [3.8, 4) is 0 Å². The topological polar surface area (TPSA) is 43.7 Å². The molecule has 1 fully saturated rings. The standard InChI is InChI=1S/C15H23NO2/c1-12-4-5-14(13(10-12)11-17)16-8-3-6-15(2,18)7-9-16/h4-5,10,17-18H,3,6-9,11H2,1-2H3. The Morgan fingerprint density at radius 3 is 2.78 bits per heavy atom. The Hall–Kier alpha value is -1.06. The quantitative estimate of drug-likeness (QED) is 0.844. The van der Waals surface area contributed by atoms with Gasteiger partial charge in [-0.15, -0.1) is 0 Å². The lowest BCUT2D eigenvalue weighted by Crippen LogP contribution is -2.28. The van der Waals surface area contributed by atoms with Gasteiger partial charge in [0.2, 0.25) is 0 Å². The van der Waals surface area contributed by atoms with Gasteiger partial charge in [-0.25, -0.2) is 0 Å². The number of aryl methyl sites for hydroxylation is 1. The first-order valence-electron chi connectivity index (χ1n) is 6.69. The van der Waals surface area contributed by atoms with Gasteiger partial charge < -0.3 is 15.1 Å². The van der Waals surface area contributed by atoms with Crippen LogP contribution in [0.5, 0.6) is 0 Å². The average molecular weight is 249 g/mol. The molecule has 3 nitrogen and oxygen atoms in total. The second kappa shape index (κ2) is 5.29. The van der Waals surface area contributed by atoms with Crippen molar-refractivity contribution in [2.45, 2.75) is 45.3 Å². The molecule has 0 aliphatic carbocycles. The van der Waals surface area contributed by atoms with Crippen molar-refractivity contribution in [1.82, 2.24) is 0 Å². The average Bonchev–Trinajstić information content (AvgIpc) is 2.50. The zero-order chi connectivity index (χ0) is 13.2. The molecule has 1 atom stereocenters. The maximum atomic E-state index is 10.1. The second-order valence-electron chi connectivity index (χ2n) is 5.63. The number of aliphatic hydroxyl groups is 2. The molecule has 18 heavy (non-hydrogen) atoms. The molecule has 1 aromatic carbocycles. The second-order valence-corrected chi connectivity index (χ2v) is 5.63. The fourth-order valence-electron chi connectivity index (χ4n) is 2.65. The molecular formula is C15H23NO2. The molecule has 1 saturated heterocycles. The minimum absolute atomic E-state index is 0.0733. The Labute approximate surface area is 109 Å². The van der Waals surface area contributed by atoms with Crippen molar-refractivity contribution < 1.29 is 10.2 Å². The number of hydrogen-bond acceptors (Lipinski definition) is 3. The van der Waals surface area contributed by atoms with Gasteiger partial charge >= 0.3 is 0 Å². The van der Waals surface area contributed by atoms with E-state index in [1.54, 1.807) is 0 Å². The molecule has 1 aliphatic rings. The Bertz CT molecular complexity index is 415. The van der Waals surface area contributed by atoms with Crippen LogP contribution in [-0.4, -0.2) is 28.9 Å². The van der Waals surface area contributed by atoms with E-state index in [9.17, 15) is 10.2 Å². The molecular weight excluding hydrogens is 226 g/mol. The number of hydrogen-bond donors (Lipinski definition) is 2. The number of nitrogens with zero attached hydrogens (tertiary/aromatic N) is 1. The fourth-order valence-corrected chi connectivity index (χ4v) is 2.65. The molecule has 0 bridgehead atoms. The van der Waals surface area contributed by atoms with Crippen molar-refractivity contribution in [3.05, 3.63) is 29.3 Å². The largest absolute Gasteiger partial charge is 0.392 e. The van der Waals surface area contributed by atoms with Crippen LogP contribution in [0.2, 0.25) is 0 Å². The van der Waals surface area contributed by atoms with Crippen molar-refractivity contribution >= 4 is 5.69 Å². The third-order valence-electron chi connectivity index (χ3n) is 3.81. The first kappa shape index (κ1) is 13.4. The molecule has 0 radical (unpaired) electrons.